The minimum absolute atomic E-state index is 0.369. The molecule has 0 aliphatic rings. The standard InChI is InChI=1S/C16H21ClN2S/c1-4-18-10-13(14-7-5-6-8-15(14)17)9-16-19-11(2)12(3)20-16/h5-8,13,18H,4,9-10H2,1-3H3. The molecule has 1 aromatic heterocycles. The van der Waals surface area contributed by atoms with Gasteiger partial charge in [-0.05, 0) is 32.0 Å². The maximum absolute atomic E-state index is 6.36. The summed E-state index contributed by atoms with van der Waals surface area (Å²) in [5.74, 6) is 0.369. The molecule has 2 aromatic rings. The summed E-state index contributed by atoms with van der Waals surface area (Å²) >= 11 is 8.15. The number of aryl methyl sites for hydroxylation is 2. The molecule has 0 amide bonds. The molecule has 1 atom stereocenters. The molecule has 2 rings (SSSR count). The zero-order valence-electron chi connectivity index (χ0n) is 12.2. The van der Waals surface area contributed by atoms with Gasteiger partial charge in [-0.25, -0.2) is 4.98 Å². The van der Waals surface area contributed by atoms with Gasteiger partial charge in [0.2, 0.25) is 0 Å². The Hall–Kier alpha value is -0.900. The molecule has 1 unspecified atom stereocenters. The summed E-state index contributed by atoms with van der Waals surface area (Å²) in [5, 5.41) is 5.48. The van der Waals surface area contributed by atoms with E-state index in [1.54, 1.807) is 11.3 Å². The number of thiazole rings is 1. The van der Waals surface area contributed by atoms with Crippen LogP contribution in [-0.2, 0) is 6.42 Å². The molecule has 1 N–H and O–H groups in total. The molecule has 0 saturated heterocycles. The van der Waals surface area contributed by atoms with Crippen LogP contribution in [0.3, 0.4) is 0 Å². The van der Waals surface area contributed by atoms with E-state index in [1.807, 2.05) is 12.1 Å². The summed E-state index contributed by atoms with van der Waals surface area (Å²) in [5.41, 5.74) is 2.35. The first-order chi connectivity index (χ1) is 9.61. The largest absolute Gasteiger partial charge is 0.316 e. The molecule has 0 aliphatic heterocycles. The smallest absolute Gasteiger partial charge is 0.0937 e. The average molecular weight is 309 g/mol. The van der Waals surface area contributed by atoms with Crippen LogP contribution in [0.2, 0.25) is 5.02 Å². The number of benzene rings is 1. The molecule has 108 valence electrons. The van der Waals surface area contributed by atoms with Gasteiger partial charge in [-0.15, -0.1) is 11.3 Å². The average Bonchev–Trinajstić information content (AvgIpc) is 2.74. The Morgan fingerprint density at radius 3 is 2.65 bits per heavy atom. The highest BCUT2D eigenvalue weighted by atomic mass is 35.5. The number of nitrogens with zero attached hydrogens (tertiary/aromatic N) is 1. The van der Waals surface area contributed by atoms with E-state index < -0.39 is 0 Å². The lowest BCUT2D eigenvalue weighted by Crippen LogP contribution is -2.22. The lowest BCUT2D eigenvalue weighted by molar-refractivity contribution is 0.593. The van der Waals surface area contributed by atoms with Gasteiger partial charge in [-0.2, -0.15) is 0 Å². The Morgan fingerprint density at radius 2 is 2.05 bits per heavy atom. The van der Waals surface area contributed by atoms with E-state index in [1.165, 1.54) is 15.4 Å². The van der Waals surface area contributed by atoms with Crippen molar-refractivity contribution in [2.24, 2.45) is 0 Å². The molecule has 0 radical (unpaired) electrons. The second-order valence-electron chi connectivity index (χ2n) is 4.98. The van der Waals surface area contributed by atoms with Crippen molar-refractivity contribution in [3.05, 3.63) is 50.4 Å². The van der Waals surface area contributed by atoms with Crippen molar-refractivity contribution < 1.29 is 0 Å². The predicted octanol–water partition coefficient (Wildman–Crippen LogP) is 4.35. The molecule has 20 heavy (non-hydrogen) atoms. The fourth-order valence-electron chi connectivity index (χ4n) is 2.25. The number of hydrogen-bond donors (Lipinski definition) is 1. The highest BCUT2D eigenvalue weighted by Crippen LogP contribution is 2.29. The summed E-state index contributed by atoms with van der Waals surface area (Å²) in [6.45, 7) is 8.23. The first-order valence-corrected chi connectivity index (χ1v) is 8.19. The predicted molar refractivity (Wildman–Crippen MR) is 88.0 cm³/mol. The van der Waals surface area contributed by atoms with Gasteiger partial charge in [0.25, 0.3) is 0 Å². The molecule has 0 saturated carbocycles. The third-order valence-electron chi connectivity index (χ3n) is 3.48. The topological polar surface area (TPSA) is 24.9 Å². The van der Waals surface area contributed by atoms with Crippen LogP contribution in [0.4, 0.5) is 0 Å². The van der Waals surface area contributed by atoms with Crippen molar-refractivity contribution in [3.8, 4) is 0 Å². The highest BCUT2D eigenvalue weighted by molar-refractivity contribution is 7.11. The lowest BCUT2D eigenvalue weighted by atomic mass is 9.95. The van der Waals surface area contributed by atoms with Crippen LogP contribution in [0.25, 0.3) is 0 Å². The molecule has 0 fully saturated rings. The van der Waals surface area contributed by atoms with Gasteiger partial charge >= 0.3 is 0 Å². The van der Waals surface area contributed by atoms with Crippen LogP contribution in [0.5, 0.6) is 0 Å². The third kappa shape index (κ3) is 3.81. The summed E-state index contributed by atoms with van der Waals surface area (Å²) in [7, 11) is 0. The molecule has 4 heteroatoms. The van der Waals surface area contributed by atoms with Gasteiger partial charge in [0.15, 0.2) is 0 Å². The number of halogens is 1. The Bertz CT molecular complexity index is 546. The van der Waals surface area contributed by atoms with E-state index >= 15 is 0 Å². The summed E-state index contributed by atoms with van der Waals surface area (Å²) in [6, 6.07) is 8.12. The molecule has 0 bridgehead atoms. The van der Waals surface area contributed by atoms with Crippen molar-refractivity contribution in [1.82, 2.24) is 10.3 Å². The fraction of sp³-hybridized carbons (Fsp3) is 0.438. The minimum Gasteiger partial charge on any atom is -0.316 e. The van der Waals surface area contributed by atoms with Crippen LogP contribution in [0, 0.1) is 13.8 Å². The first kappa shape index (κ1) is 15.5. The second kappa shape index (κ2) is 7.21. The number of nitrogens with one attached hydrogen (secondary N) is 1. The summed E-state index contributed by atoms with van der Waals surface area (Å²) in [6.07, 6.45) is 0.941. The molecular formula is C16H21ClN2S. The lowest BCUT2D eigenvalue weighted by Gasteiger charge is -2.18. The molecule has 0 spiro atoms. The van der Waals surface area contributed by atoms with Crippen LogP contribution >= 0.6 is 22.9 Å². The van der Waals surface area contributed by atoms with E-state index in [0.29, 0.717) is 5.92 Å². The number of aromatic nitrogens is 1. The third-order valence-corrected chi connectivity index (χ3v) is 4.92. The summed E-state index contributed by atoms with van der Waals surface area (Å²) < 4.78 is 0. The van der Waals surface area contributed by atoms with Crippen molar-refractivity contribution in [2.45, 2.75) is 33.1 Å². The highest BCUT2D eigenvalue weighted by Gasteiger charge is 2.17. The Labute approximate surface area is 130 Å². The monoisotopic (exact) mass is 308 g/mol. The van der Waals surface area contributed by atoms with Crippen LogP contribution in [-0.4, -0.2) is 18.1 Å². The zero-order valence-corrected chi connectivity index (χ0v) is 13.8. The van der Waals surface area contributed by atoms with Gasteiger partial charge < -0.3 is 5.32 Å². The second-order valence-corrected chi connectivity index (χ2v) is 6.67. The maximum Gasteiger partial charge on any atom is 0.0937 e. The van der Waals surface area contributed by atoms with Gasteiger partial charge in [0.05, 0.1) is 10.7 Å². The van der Waals surface area contributed by atoms with Gasteiger partial charge in [-0.1, -0.05) is 36.7 Å². The molecule has 1 heterocycles. The Kier molecular flexibility index (Phi) is 5.58. The Balaban J connectivity index is 2.21. The van der Waals surface area contributed by atoms with Crippen LogP contribution in [0.15, 0.2) is 24.3 Å². The van der Waals surface area contributed by atoms with Crippen LogP contribution in [0.1, 0.15) is 34.0 Å². The van der Waals surface area contributed by atoms with E-state index in [4.69, 9.17) is 11.6 Å². The van der Waals surface area contributed by atoms with E-state index in [-0.39, 0.29) is 0 Å². The molecule has 1 aromatic carbocycles. The van der Waals surface area contributed by atoms with Crippen molar-refractivity contribution >= 4 is 22.9 Å². The SMILES string of the molecule is CCNCC(Cc1nc(C)c(C)s1)c1ccccc1Cl. The van der Waals surface area contributed by atoms with Gasteiger partial charge in [0, 0.05) is 28.8 Å². The first-order valence-electron chi connectivity index (χ1n) is 6.99. The fourth-order valence-corrected chi connectivity index (χ4v) is 3.56. The van der Waals surface area contributed by atoms with E-state index in [2.05, 4.69) is 43.2 Å². The number of likely N-dealkylation sites (N-methyl/N-ethyl adjacent to an activating group) is 1. The minimum atomic E-state index is 0.369. The van der Waals surface area contributed by atoms with Crippen LogP contribution < -0.4 is 5.32 Å². The molecule has 2 nitrogen and oxygen atoms in total. The van der Waals surface area contributed by atoms with Gasteiger partial charge in [-0.3, -0.25) is 0 Å². The quantitative estimate of drug-likeness (QED) is 0.858. The molecule has 0 aliphatic carbocycles. The van der Waals surface area contributed by atoms with Crippen molar-refractivity contribution in [2.75, 3.05) is 13.1 Å². The zero-order chi connectivity index (χ0) is 14.5. The summed E-state index contributed by atoms with van der Waals surface area (Å²) in [4.78, 5) is 5.97. The van der Waals surface area contributed by atoms with Crippen molar-refractivity contribution in [3.63, 3.8) is 0 Å². The Morgan fingerprint density at radius 1 is 1.30 bits per heavy atom. The van der Waals surface area contributed by atoms with E-state index in [0.717, 1.165) is 30.2 Å². The van der Waals surface area contributed by atoms with Crippen molar-refractivity contribution in [1.29, 1.82) is 0 Å². The molecular weight excluding hydrogens is 288 g/mol. The van der Waals surface area contributed by atoms with Gasteiger partial charge in [0.1, 0.15) is 0 Å². The van der Waals surface area contributed by atoms with E-state index in [9.17, 15) is 0 Å². The normalized spacial score (nSPS) is 12.6. The number of rotatable bonds is 6. The number of hydrogen-bond acceptors (Lipinski definition) is 3. The maximum atomic E-state index is 6.36.